The molecule has 0 radical (unpaired) electrons. The SMILES string of the molecule is CC(=O)c1c(C)nn(CCC(=O)NCC2COc3ccccc3C2)c1C. The van der Waals surface area contributed by atoms with Gasteiger partial charge >= 0.3 is 0 Å². The van der Waals surface area contributed by atoms with Gasteiger partial charge in [-0.2, -0.15) is 5.10 Å². The largest absolute Gasteiger partial charge is 0.493 e. The van der Waals surface area contributed by atoms with Crippen molar-refractivity contribution in [3.8, 4) is 5.75 Å². The number of para-hydroxylation sites is 1. The van der Waals surface area contributed by atoms with Crippen molar-refractivity contribution in [1.29, 1.82) is 0 Å². The van der Waals surface area contributed by atoms with Gasteiger partial charge in [0.15, 0.2) is 5.78 Å². The third-order valence-corrected chi connectivity index (χ3v) is 4.83. The van der Waals surface area contributed by atoms with Crippen molar-refractivity contribution in [3.63, 3.8) is 0 Å². The number of hydrogen-bond acceptors (Lipinski definition) is 4. The van der Waals surface area contributed by atoms with E-state index in [0.717, 1.165) is 17.9 Å². The number of carbonyl (C=O) groups is 2. The normalized spacial score (nSPS) is 15.9. The van der Waals surface area contributed by atoms with Gasteiger partial charge < -0.3 is 10.1 Å². The van der Waals surface area contributed by atoms with E-state index in [1.165, 1.54) is 5.56 Å². The quantitative estimate of drug-likeness (QED) is 0.808. The number of hydrogen-bond donors (Lipinski definition) is 1. The number of nitrogens with zero attached hydrogens (tertiary/aromatic N) is 2. The number of ether oxygens (including phenoxy) is 1. The monoisotopic (exact) mass is 355 g/mol. The molecule has 0 aliphatic carbocycles. The Morgan fingerprint density at radius 2 is 2.08 bits per heavy atom. The Hall–Kier alpha value is -2.63. The number of carbonyl (C=O) groups excluding carboxylic acids is 2. The van der Waals surface area contributed by atoms with E-state index in [1.807, 2.05) is 32.0 Å². The molecular weight excluding hydrogens is 330 g/mol. The highest BCUT2D eigenvalue weighted by Gasteiger charge is 2.20. The summed E-state index contributed by atoms with van der Waals surface area (Å²) < 4.78 is 7.50. The molecule has 0 saturated carbocycles. The molecule has 0 spiro atoms. The van der Waals surface area contributed by atoms with E-state index in [2.05, 4.69) is 16.5 Å². The molecule has 0 saturated heterocycles. The molecule has 0 fully saturated rings. The molecular formula is C20H25N3O3. The van der Waals surface area contributed by atoms with Crippen LogP contribution in [0.2, 0.25) is 0 Å². The molecule has 2 aromatic rings. The van der Waals surface area contributed by atoms with Crippen LogP contribution in [0, 0.1) is 19.8 Å². The molecule has 1 aromatic carbocycles. The molecule has 1 atom stereocenters. The van der Waals surface area contributed by atoms with Gasteiger partial charge in [-0.1, -0.05) is 18.2 Å². The van der Waals surface area contributed by atoms with Gasteiger partial charge in [0.2, 0.25) is 5.91 Å². The topological polar surface area (TPSA) is 73.2 Å². The van der Waals surface area contributed by atoms with Crippen molar-refractivity contribution >= 4 is 11.7 Å². The zero-order valence-electron chi connectivity index (χ0n) is 15.5. The molecule has 26 heavy (non-hydrogen) atoms. The lowest BCUT2D eigenvalue weighted by Gasteiger charge is -2.25. The summed E-state index contributed by atoms with van der Waals surface area (Å²) in [5, 5.41) is 7.36. The maximum atomic E-state index is 12.2. The molecule has 138 valence electrons. The number of benzene rings is 1. The lowest BCUT2D eigenvalue weighted by Crippen LogP contribution is -2.35. The molecule has 1 amide bonds. The van der Waals surface area contributed by atoms with E-state index in [4.69, 9.17) is 4.74 Å². The van der Waals surface area contributed by atoms with Crippen LogP contribution in [0.25, 0.3) is 0 Å². The van der Waals surface area contributed by atoms with E-state index in [0.29, 0.717) is 37.4 Å². The molecule has 1 aromatic heterocycles. The number of Topliss-reactive ketones (excluding diaryl/α,β-unsaturated/α-hetero) is 1. The third-order valence-electron chi connectivity index (χ3n) is 4.83. The van der Waals surface area contributed by atoms with Gasteiger partial charge in [-0.05, 0) is 38.8 Å². The van der Waals surface area contributed by atoms with Crippen LogP contribution in [-0.2, 0) is 17.8 Å². The maximum Gasteiger partial charge on any atom is 0.221 e. The van der Waals surface area contributed by atoms with Crippen LogP contribution >= 0.6 is 0 Å². The number of amides is 1. The Bertz CT molecular complexity index is 826. The zero-order valence-corrected chi connectivity index (χ0v) is 15.5. The highest BCUT2D eigenvalue weighted by atomic mass is 16.5. The summed E-state index contributed by atoms with van der Waals surface area (Å²) in [5.74, 6) is 1.22. The number of ketones is 1. The molecule has 6 heteroatoms. The fourth-order valence-electron chi connectivity index (χ4n) is 3.50. The fraction of sp³-hybridized carbons (Fsp3) is 0.450. The molecule has 1 aliphatic heterocycles. The summed E-state index contributed by atoms with van der Waals surface area (Å²) in [6.07, 6.45) is 1.25. The highest BCUT2D eigenvalue weighted by molar-refractivity contribution is 5.96. The number of fused-ring (bicyclic) bond motifs is 1. The number of aromatic nitrogens is 2. The van der Waals surface area contributed by atoms with Crippen LogP contribution in [0.3, 0.4) is 0 Å². The molecule has 2 heterocycles. The molecule has 1 unspecified atom stereocenters. The fourth-order valence-corrected chi connectivity index (χ4v) is 3.50. The third kappa shape index (κ3) is 3.95. The standard InChI is InChI=1S/C20H25N3O3/c1-13-20(15(3)24)14(2)23(22-13)9-8-19(25)21-11-16-10-17-6-4-5-7-18(17)26-12-16/h4-7,16H,8-12H2,1-3H3,(H,21,25). The predicted molar refractivity (Wildman–Crippen MR) is 98.5 cm³/mol. The molecule has 1 aliphatic rings. The minimum Gasteiger partial charge on any atom is -0.493 e. The van der Waals surface area contributed by atoms with E-state index in [1.54, 1.807) is 11.6 Å². The Labute approximate surface area is 153 Å². The van der Waals surface area contributed by atoms with E-state index in [9.17, 15) is 9.59 Å². The average Bonchev–Trinajstić information content (AvgIpc) is 2.91. The first kappa shape index (κ1) is 18.2. The van der Waals surface area contributed by atoms with Crippen LogP contribution in [-0.4, -0.2) is 34.6 Å². The van der Waals surface area contributed by atoms with Crippen molar-refractivity contribution in [3.05, 3.63) is 46.8 Å². The van der Waals surface area contributed by atoms with Crippen LogP contribution in [0.4, 0.5) is 0 Å². The van der Waals surface area contributed by atoms with Gasteiger partial charge in [0.05, 0.1) is 17.9 Å². The van der Waals surface area contributed by atoms with E-state index in [-0.39, 0.29) is 17.6 Å². The first-order valence-electron chi connectivity index (χ1n) is 8.98. The minimum atomic E-state index is -0.0132. The lowest BCUT2D eigenvalue weighted by molar-refractivity contribution is -0.121. The second-order valence-corrected chi connectivity index (χ2v) is 6.87. The summed E-state index contributed by atoms with van der Waals surface area (Å²) in [5.41, 5.74) is 3.38. The van der Waals surface area contributed by atoms with E-state index < -0.39 is 0 Å². The van der Waals surface area contributed by atoms with Gasteiger partial charge in [-0.25, -0.2) is 0 Å². The molecule has 3 rings (SSSR count). The first-order valence-corrected chi connectivity index (χ1v) is 8.98. The second-order valence-electron chi connectivity index (χ2n) is 6.87. The van der Waals surface area contributed by atoms with Gasteiger partial charge in [-0.3, -0.25) is 14.3 Å². The lowest BCUT2D eigenvalue weighted by atomic mass is 9.97. The molecule has 1 N–H and O–H groups in total. The zero-order chi connectivity index (χ0) is 18.7. The predicted octanol–water partition coefficient (Wildman–Crippen LogP) is 2.46. The highest BCUT2D eigenvalue weighted by Crippen LogP contribution is 2.26. The van der Waals surface area contributed by atoms with Gasteiger partial charge in [0, 0.05) is 31.1 Å². The van der Waals surface area contributed by atoms with Crippen molar-refractivity contribution in [2.45, 2.75) is 40.2 Å². The van der Waals surface area contributed by atoms with Crippen LogP contribution in [0.1, 0.15) is 40.7 Å². The van der Waals surface area contributed by atoms with Crippen LogP contribution < -0.4 is 10.1 Å². The van der Waals surface area contributed by atoms with Crippen molar-refractivity contribution in [2.75, 3.05) is 13.2 Å². The number of nitrogens with one attached hydrogen (secondary N) is 1. The summed E-state index contributed by atoms with van der Waals surface area (Å²) >= 11 is 0. The van der Waals surface area contributed by atoms with Crippen molar-refractivity contribution < 1.29 is 14.3 Å². The smallest absolute Gasteiger partial charge is 0.221 e. The number of rotatable bonds is 6. The average molecular weight is 355 g/mol. The maximum absolute atomic E-state index is 12.2. The summed E-state index contributed by atoms with van der Waals surface area (Å²) in [6.45, 7) is 6.92. The van der Waals surface area contributed by atoms with Gasteiger partial charge in [-0.15, -0.1) is 0 Å². The summed E-state index contributed by atoms with van der Waals surface area (Å²) in [6, 6.07) is 8.02. The Morgan fingerprint density at radius 1 is 1.31 bits per heavy atom. The Morgan fingerprint density at radius 3 is 2.81 bits per heavy atom. The van der Waals surface area contributed by atoms with E-state index >= 15 is 0 Å². The second kappa shape index (κ2) is 7.72. The molecule has 0 bridgehead atoms. The minimum absolute atomic E-state index is 0.00767. The number of aryl methyl sites for hydroxylation is 2. The molecule has 6 nitrogen and oxygen atoms in total. The van der Waals surface area contributed by atoms with Crippen molar-refractivity contribution in [2.24, 2.45) is 5.92 Å². The Kier molecular flexibility index (Phi) is 5.40. The van der Waals surface area contributed by atoms with Gasteiger partial charge in [0.25, 0.3) is 0 Å². The Balaban J connectivity index is 1.48. The summed E-state index contributed by atoms with van der Waals surface area (Å²) in [4.78, 5) is 23.8. The first-order chi connectivity index (χ1) is 12.5. The van der Waals surface area contributed by atoms with Crippen LogP contribution in [0.15, 0.2) is 24.3 Å². The summed E-state index contributed by atoms with van der Waals surface area (Å²) in [7, 11) is 0. The van der Waals surface area contributed by atoms with Crippen molar-refractivity contribution in [1.82, 2.24) is 15.1 Å². The van der Waals surface area contributed by atoms with Gasteiger partial charge in [0.1, 0.15) is 5.75 Å². The van der Waals surface area contributed by atoms with Crippen LogP contribution in [0.5, 0.6) is 5.75 Å².